The minimum Gasteiger partial charge on any atom is -0.493 e. The molecule has 0 radical (unpaired) electrons. The highest BCUT2D eigenvalue weighted by Crippen LogP contribution is 2.28. The molecule has 0 heterocycles. The number of ether oxygens (including phenoxy) is 3. The number of benzene rings is 2. The highest BCUT2D eigenvalue weighted by atomic mass is 32.2. The van der Waals surface area contributed by atoms with Crippen molar-refractivity contribution in [2.45, 2.75) is 11.8 Å². The molecule has 0 aliphatic carbocycles. The summed E-state index contributed by atoms with van der Waals surface area (Å²) >= 11 is 1.64. The van der Waals surface area contributed by atoms with Crippen LogP contribution in [0, 0.1) is 18.3 Å². The first-order valence-corrected chi connectivity index (χ1v) is 9.33. The zero-order valence-electron chi connectivity index (χ0n) is 15.3. The Balaban J connectivity index is 1.80. The van der Waals surface area contributed by atoms with Crippen molar-refractivity contribution in [2.75, 3.05) is 26.1 Å². The quantitative estimate of drug-likeness (QED) is 0.279. The van der Waals surface area contributed by atoms with Gasteiger partial charge in [0, 0.05) is 16.7 Å². The van der Waals surface area contributed by atoms with Crippen LogP contribution in [-0.4, -0.2) is 32.0 Å². The molecule has 6 heteroatoms. The summed E-state index contributed by atoms with van der Waals surface area (Å²) in [5, 5.41) is 8.58. The summed E-state index contributed by atoms with van der Waals surface area (Å²) < 4.78 is 15.7. The summed E-state index contributed by atoms with van der Waals surface area (Å²) in [6.07, 6.45) is 3.02. The minimum absolute atomic E-state index is 0.0571. The summed E-state index contributed by atoms with van der Waals surface area (Å²) in [6, 6.07) is 15.3. The van der Waals surface area contributed by atoms with Gasteiger partial charge in [-0.2, -0.15) is 5.26 Å². The second-order valence-electron chi connectivity index (χ2n) is 5.52. The molecule has 0 aliphatic heterocycles. The van der Waals surface area contributed by atoms with E-state index in [9.17, 15) is 4.79 Å². The molecule has 0 aliphatic rings. The zero-order chi connectivity index (χ0) is 19.5. The molecule has 0 aromatic heterocycles. The lowest BCUT2D eigenvalue weighted by Crippen LogP contribution is -2.04. The number of hydrogen-bond donors (Lipinski definition) is 0. The number of esters is 1. The van der Waals surface area contributed by atoms with Gasteiger partial charge >= 0.3 is 5.97 Å². The van der Waals surface area contributed by atoms with Gasteiger partial charge in [0.25, 0.3) is 0 Å². The molecule has 27 heavy (non-hydrogen) atoms. The molecule has 0 saturated carbocycles. The van der Waals surface area contributed by atoms with Crippen LogP contribution in [0.5, 0.6) is 11.5 Å². The van der Waals surface area contributed by atoms with Crippen molar-refractivity contribution < 1.29 is 19.0 Å². The number of carbonyl (C=O) groups excluding carboxylic acids is 1. The molecule has 2 aromatic rings. The molecule has 0 unspecified atom stereocenters. The Morgan fingerprint density at radius 2 is 1.96 bits per heavy atom. The molecule has 0 spiro atoms. The Morgan fingerprint density at radius 3 is 2.67 bits per heavy atom. The van der Waals surface area contributed by atoms with Crippen molar-refractivity contribution in [3.63, 3.8) is 0 Å². The predicted molar refractivity (Wildman–Crippen MR) is 106 cm³/mol. The molecule has 5 nitrogen and oxygen atoms in total. The topological polar surface area (TPSA) is 68.6 Å². The maximum absolute atomic E-state index is 11.8. The number of nitriles is 1. The first-order valence-electron chi connectivity index (χ1n) is 8.34. The van der Waals surface area contributed by atoms with Gasteiger partial charge in [-0.05, 0) is 42.8 Å². The number of methoxy groups -OCH3 is 1. The average molecular weight is 383 g/mol. The lowest BCUT2D eigenvalue weighted by molar-refractivity contribution is -0.137. The van der Waals surface area contributed by atoms with Crippen LogP contribution >= 0.6 is 11.8 Å². The first kappa shape index (κ1) is 20.4. The molecule has 2 aromatic carbocycles. The number of rotatable bonds is 9. The fourth-order valence-corrected chi connectivity index (χ4v) is 2.90. The second-order valence-corrected chi connectivity index (χ2v) is 6.69. The molecule has 0 bridgehead atoms. The van der Waals surface area contributed by atoms with E-state index in [0.717, 1.165) is 10.5 Å². The molecule has 2 rings (SSSR count). The van der Waals surface area contributed by atoms with Crippen LogP contribution in [-0.2, 0) is 9.53 Å². The Bertz CT molecular complexity index is 825. The van der Waals surface area contributed by atoms with Gasteiger partial charge in [-0.1, -0.05) is 23.8 Å². The lowest BCUT2D eigenvalue weighted by Gasteiger charge is -2.08. The van der Waals surface area contributed by atoms with Crippen molar-refractivity contribution in [2.24, 2.45) is 0 Å². The maximum Gasteiger partial charge on any atom is 0.330 e. The van der Waals surface area contributed by atoms with Gasteiger partial charge in [0.1, 0.15) is 12.7 Å². The van der Waals surface area contributed by atoms with Crippen molar-refractivity contribution in [1.29, 1.82) is 5.26 Å². The molecular formula is C21H21NO4S. The van der Waals surface area contributed by atoms with E-state index in [1.165, 1.54) is 18.7 Å². The monoisotopic (exact) mass is 383 g/mol. The van der Waals surface area contributed by atoms with Gasteiger partial charge < -0.3 is 14.2 Å². The highest BCUT2D eigenvalue weighted by molar-refractivity contribution is 7.99. The van der Waals surface area contributed by atoms with Gasteiger partial charge in [0.15, 0.2) is 18.1 Å². The number of hydrogen-bond acceptors (Lipinski definition) is 6. The fourth-order valence-electron chi connectivity index (χ4n) is 2.17. The highest BCUT2D eigenvalue weighted by Gasteiger charge is 2.05. The van der Waals surface area contributed by atoms with Gasteiger partial charge in [-0.15, -0.1) is 11.8 Å². The maximum atomic E-state index is 11.8. The molecule has 0 N–H and O–H groups in total. The molecule has 0 amide bonds. The van der Waals surface area contributed by atoms with E-state index in [2.05, 4.69) is 24.3 Å². The van der Waals surface area contributed by atoms with Crippen LogP contribution in [0.15, 0.2) is 53.4 Å². The second kappa shape index (κ2) is 10.9. The van der Waals surface area contributed by atoms with Crippen LogP contribution in [0.3, 0.4) is 0 Å². The standard InChI is InChI=1S/C21H21NO4S/c1-16-3-7-18(8-4-16)27-14-13-26-21(23)10-6-17-5-9-19(25-12-11-22)20(15-17)24-2/h3-10,15H,12-14H2,1-2H3. The minimum atomic E-state index is -0.400. The molecule has 140 valence electrons. The van der Waals surface area contributed by atoms with Gasteiger partial charge in [-0.25, -0.2) is 4.79 Å². The van der Waals surface area contributed by atoms with E-state index >= 15 is 0 Å². The van der Waals surface area contributed by atoms with Crippen molar-refractivity contribution in [3.05, 3.63) is 59.7 Å². The van der Waals surface area contributed by atoms with Crippen LogP contribution in [0.1, 0.15) is 11.1 Å². The number of thioether (sulfide) groups is 1. The summed E-state index contributed by atoms with van der Waals surface area (Å²) in [5.41, 5.74) is 1.99. The van der Waals surface area contributed by atoms with E-state index in [-0.39, 0.29) is 6.61 Å². The predicted octanol–water partition coefficient (Wildman–Crippen LogP) is 4.25. The van der Waals surface area contributed by atoms with Crippen LogP contribution < -0.4 is 9.47 Å². The van der Waals surface area contributed by atoms with Crippen molar-refractivity contribution in [3.8, 4) is 17.6 Å². The third-order valence-corrected chi connectivity index (χ3v) is 4.49. The van der Waals surface area contributed by atoms with Gasteiger partial charge in [0.05, 0.1) is 7.11 Å². The largest absolute Gasteiger partial charge is 0.493 e. The number of carbonyl (C=O) groups is 1. The van der Waals surface area contributed by atoms with Crippen molar-refractivity contribution >= 4 is 23.8 Å². The summed E-state index contributed by atoms with van der Waals surface area (Å²) in [6.45, 7) is 2.33. The van der Waals surface area contributed by atoms with Crippen LogP contribution in [0.2, 0.25) is 0 Å². The molecule has 0 saturated heterocycles. The third kappa shape index (κ3) is 7.08. The number of nitrogens with zero attached hydrogens (tertiary/aromatic N) is 1. The Labute approximate surface area is 163 Å². The SMILES string of the molecule is COc1cc(C=CC(=O)OCCSc2ccc(C)cc2)ccc1OCC#N. The lowest BCUT2D eigenvalue weighted by atomic mass is 10.2. The Morgan fingerprint density at radius 1 is 1.19 bits per heavy atom. The summed E-state index contributed by atoms with van der Waals surface area (Å²) in [5.74, 6) is 1.27. The van der Waals surface area contributed by atoms with E-state index in [0.29, 0.717) is 23.9 Å². The normalized spacial score (nSPS) is 10.4. The van der Waals surface area contributed by atoms with Gasteiger partial charge in [-0.3, -0.25) is 0 Å². The zero-order valence-corrected chi connectivity index (χ0v) is 16.1. The van der Waals surface area contributed by atoms with E-state index in [1.807, 2.05) is 13.0 Å². The fraction of sp³-hybridized carbons (Fsp3) is 0.238. The average Bonchev–Trinajstić information content (AvgIpc) is 2.69. The summed E-state index contributed by atoms with van der Waals surface area (Å²) in [7, 11) is 1.52. The molecular weight excluding hydrogens is 362 g/mol. The Kier molecular flexibility index (Phi) is 8.27. The molecule has 0 fully saturated rings. The van der Waals surface area contributed by atoms with E-state index in [4.69, 9.17) is 19.5 Å². The van der Waals surface area contributed by atoms with Crippen LogP contribution in [0.4, 0.5) is 0 Å². The Hall–Kier alpha value is -2.91. The smallest absolute Gasteiger partial charge is 0.330 e. The third-order valence-electron chi connectivity index (χ3n) is 3.51. The van der Waals surface area contributed by atoms with Crippen LogP contribution in [0.25, 0.3) is 6.08 Å². The summed E-state index contributed by atoms with van der Waals surface area (Å²) in [4.78, 5) is 13.0. The first-order chi connectivity index (χ1) is 13.1. The molecule has 0 atom stereocenters. The van der Waals surface area contributed by atoms with Crippen molar-refractivity contribution in [1.82, 2.24) is 0 Å². The number of aryl methyl sites for hydroxylation is 1. The van der Waals surface area contributed by atoms with E-state index in [1.54, 1.807) is 36.0 Å². The van der Waals surface area contributed by atoms with Gasteiger partial charge in [0.2, 0.25) is 0 Å². The van der Waals surface area contributed by atoms with E-state index < -0.39 is 5.97 Å².